The first-order valence-electron chi connectivity index (χ1n) is 14.8. The molecule has 5 rings (SSSR count). The fourth-order valence-electron chi connectivity index (χ4n) is 5.93. The minimum atomic E-state index is -3.99. The van der Waals surface area contributed by atoms with Crippen LogP contribution in [0.5, 0.6) is 0 Å². The zero-order valence-corrected chi connectivity index (χ0v) is 26.5. The third kappa shape index (κ3) is 6.83. The highest BCUT2D eigenvalue weighted by Gasteiger charge is 2.30. The minimum absolute atomic E-state index is 0.0506. The Morgan fingerprint density at radius 3 is 2.50 bits per heavy atom. The van der Waals surface area contributed by atoms with Gasteiger partial charge in [0.15, 0.2) is 0 Å². The maximum atomic E-state index is 16.1. The Morgan fingerprint density at radius 2 is 1.86 bits per heavy atom. The minimum Gasteiger partial charge on any atom is -0.351 e. The summed E-state index contributed by atoms with van der Waals surface area (Å²) in [6, 6.07) is 7.54. The van der Waals surface area contributed by atoms with E-state index in [0.29, 0.717) is 28.3 Å². The predicted octanol–water partition coefficient (Wildman–Crippen LogP) is 5.07. The van der Waals surface area contributed by atoms with E-state index in [0.717, 1.165) is 44.0 Å². The van der Waals surface area contributed by atoms with Crippen LogP contribution in [0.15, 0.2) is 30.5 Å². The van der Waals surface area contributed by atoms with Crippen molar-refractivity contribution in [3.05, 3.63) is 46.9 Å². The van der Waals surface area contributed by atoms with E-state index in [1.165, 1.54) is 30.2 Å². The van der Waals surface area contributed by atoms with Crippen LogP contribution in [0.25, 0.3) is 21.8 Å². The van der Waals surface area contributed by atoms with E-state index >= 15 is 4.39 Å². The van der Waals surface area contributed by atoms with Gasteiger partial charge < -0.3 is 15.5 Å². The van der Waals surface area contributed by atoms with Gasteiger partial charge >= 0.3 is 0 Å². The van der Waals surface area contributed by atoms with E-state index in [1.807, 2.05) is 6.07 Å². The number of benzene rings is 1. The fraction of sp³-hybridized carbons (Fsp3) is 0.567. The molecule has 2 saturated heterocycles. The molecule has 0 aliphatic carbocycles. The molecule has 1 aromatic carbocycles. The van der Waals surface area contributed by atoms with E-state index in [4.69, 9.17) is 15.1 Å². The molecule has 9 nitrogen and oxygen atoms in total. The van der Waals surface area contributed by atoms with Crippen LogP contribution in [0.3, 0.4) is 0 Å². The van der Waals surface area contributed by atoms with Gasteiger partial charge in [-0.05, 0) is 57.3 Å². The third-order valence-corrected chi connectivity index (χ3v) is 11.1. The zero-order valence-electron chi connectivity index (χ0n) is 24.9. The van der Waals surface area contributed by atoms with Crippen molar-refractivity contribution in [1.82, 2.24) is 25.2 Å². The Morgan fingerprint density at radius 1 is 1.14 bits per heavy atom. The van der Waals surface area contributed by atoms with Crippen molar-refractivity contribution in [2.75, 3.05) is 31.5 Å². The number of primary sulfonamides is 1. The number of hydrogen-bond acceptors (Lipinski definition) is 9. The number of anilines is 1. The van der Waals surface area contributed by atoms with Gasteiger partial charge in [0.05, 0.1) is 21.3 Å². The van der Waals surface area contributed by atoms with Gasteiger partial charge in [-0.1, -0.05) is 39.8 Å². The summed E-state index contributed by atoms with van der Waals surface area (Å²) in [5.41, 5.74) is 1.08. The number of hydrogen-bond donors (Lipinski definition) is 3. The van der Waals surface area contributed by atoms with Crippen LogP contribution in [-0.2, 0) is 15.4 Å². The molecule has 12 heteroatoms. The monoisotopic (exact) mass is 615 g/mol. The van der Waals surface area contributed by atoms with Crippen LogP contribution >= 0.6 is 11.3 Å². The van der Waals surface area contributed by atoms with Gasteiger partial charge in [-0.3, -0.25) is 0 Å². The molecule has 0 spiro atoms. The van der Waals surface area contributed by atoms with Crippen molar-refractivity contribution in [3.63, 3.8) is 0 Å². The Kier molecular flexibility index (Phi) is 9.29. The number of rotatable bonds is 8. The average Bonchev–Trinajstić information content (AvgIpc) is 3.41. The summed E-state index contributed by atoms with van der Waals surface area (Å²) in [7, 11) is -3.99. The molecule has 1 unspecified atom stereocenters. The lowest BCUT2D eigenvalue weighted by atomic mass is 9.98. The van der Waals surface area contributed by atoms with Gasteiger partial charge in [0, 0.05) is 47.9 Å². The van der Waals surface area contributed by atoms with Crippen LogP contribution < -0.4 is 15.8 Å². The Labute approximate surface area is 252 Å². The van der Waals surface area contributed by atoms with Crippen molar-refractivity contribution < 1.29 is 12.8 Å². The lowest BCUT2D eigenvalue weighted by Gasteiger charge is -2.39. The molecule has 42 heavy (non-hydrogen) atoms. The van der Waals surface area contributed by atoms with Crippen LogP contribution in [-0.4, -0.2) is 66.5 Å². The summed E-state index contributed by atoms with van der Waals surface area (Å²) in [5.74, 6) is -0.0859. The SMILES string of the molecule is CCC(c1cccc(-c2nc(C(C)(C)C)sc2-c2ccnc(NC3CCN(C4CCNCC4)CC3)n2)c1F)S(N)(=O)=O. The number of thiazole rings is 1. The van der Waals surface area contributed by atoms with Gasteiger partial charge in [0.2, 0.25) is 16.0 Å². The van der Waals surface area contributed by atoms with E-state index in [-0.39, 0.29) is 29.0 Å². The topological polar surface area (TPSA) is 126 Å². The third-order valence-electron chi connectivity index (χ3n) is 8.24. The van der Waals surface area contributed by atoms with Crippen LogP contribution in [0, 0.1) is 5.82 Å². The summed E-state index contributed by atoms with van der Waals surface area (Å²) in [4.78, 5) is 17.6. The summed E-state index contributed by atoms with van der Waals surface area (Å²) >= 11 is 1.47. The van der Waals surface area contributed by atoms with Crippen LogP contribution in [0.4, 0.5) is 10.3 Å². The lowest BCUT2D eigenvalue weighted by molar-refractivity contribution is 0.130. The summed E-state index contributed by atoms with van der Waals surface area (Å²) < 4.78 is 40.6. The molecule has 2 fully saturated rings. The second-order valence-electron chi connectivity index (χ2n) is 12.3. The van der Waals surface area contributed by atoms with E-state index in [1.54, 1.807) is 25.3 Å². The van der Waals surface area contributed by atoms with Crippen LogP contribution in [0.2, 0.25) is 0 Å². The van der Waals surface area contributed by atoms with Gasteiger partial charge in [-0.15, -0.1) is 11.3 Å². The molecule has 0 radical (unpaired) electrons. The molecule has 0 bridgehead atoms. The van der Waals surface area contributed by atoms with Gasteiger partial charge in [0.1, 0.15) is 11.1 Å². The molecule has 0 amide bonds. The molecular formula is C30H42FN7O2S2. The van der Waals surface area contributed by atoms with E-state index in [9.17, 15) is 8.42 Å². The van der Waals surface area contributed by atoms with Crippen molar-refractivity contribution in [1.29, 1.82) is 0 Å². The molecule has 4 N–H and O–H groups in total. The molecule has 0 saturated carbocycles. The highest BCUT2D eigenvalue weighted by atomic mass is 32.2. The molecule has 2 aliphatic heterocycles. The number of piperidine rings is 2. The van der Waals surface area contributed by atoms with Gasteiger partial charge in [-0.2, -0.15) is 0 Å². The molecule has 3 aromatic rings. The van der Waals surface area contributed by atoms with Crippen molar-refractivity contribution in [2.45, 2.75) is 82.5 Å². The molecular weight excluding hydrogens is 574 g/mol. The van der Waals surface area contributed by atoms with Crippen molar-refractivity contribution in [2.24, 2.45) is 5.14 Å². The number of halogens is 1. The summed E-state index contributed by atoms with van der Waals surface area (Å²) in [6.07, 6.45) is 6.35. The summed E-state index contributed by atoms with van der Waals surface area (Å²) in [5, 5.41) is 12.1. The highest BCUT2D eigenvalue weighted by Crippen LogP contribution is 2.42. The second-order valence-corrected chi connectivity index (χ2v) is 15.1. The standard InChI is InChI=1S/C30H42FN7O2S2/c1-5-24(42(32,39)40)21-7-6-8-22(25(21)31)26-27(41-28(37-26)30(2,3)4)23-11-16-34-29(36-23)35-19-12-17-38(18-13-19)20-9-14-33-15-10-20/h6-8,11,16,19-20,24,33H,5,9-10,12-15,17-18H2,1-4H3,(H2,32,39,40)(H,34,35,36). The molecule has 2 aromatic heterocycles. The number of nitrogens with one attached hydrogen (secondary N) is 2. The quantitative estimate of drug-likeness (QED) is 0.321. The van der Waals surface area contributed by atoms with Crippen molar-refractivity contribution in [3.8, 4) is 21.8 Å². The molecule has 4 heterocycles. The molecule has 228 valence electrons. The lowest BCUT2D eigenvalue weighted by Crippen LogP contribution is -2.48. The smallest absolute Gasteiger partial charge is 0.223 e. The van der Waals surface area contributed by atoms with Crippen molar-refractivity contribution >= 4 is 27.3 Å². The number of sulfonamides is 1. The summed E-state index contributed by atoms with van der Waals surface area (Å²) in [6.45, 7) is 12.2. The number of aromatic nitrogens is 3. The normalized spacial score (nSPS) is 18.7. The zero-order chi connectivity index (χ0) is 30.1. The van der Waals surface area contributed by atoms with Crippen LogP contribution in [0.1, 0.15) is 75.6 Å². The second kappa shape index (κ2) is 12.6. The predicted molar refractivity (Wildman–Crippen MR) is 167 cm³/mol. The average molecular weight is 616 g/mol. The molecule has 2 aliphatic rings. The first kappa shape index (κ1) is 30.9. The van der Waals surface area contributed by atoms with E-state index in [2.05, 4.69) is 41.3 Å². The Bertz CT molecular complexity index is 1490. The van der Waals surface area contributed by atoms with Gasteiger partial charge in [-0.25, -0.2) is 32.9 Å². The fourth-order valence-corrected chi connectivity index (χ4v) is 8.03. The largest absolute Gasteiger partial charge is 0.351 e. The first-order chi connectivity index (χ1) is 20.0. The number of nitrogens with two attached hydrogens (primary N) is 1. The maximum absolute atomic E-state index is 16.1. The van der Waals surface area contributed by atoms with Gasteiger partial charge in [0.25, 0.3) is 0 Å². The number of nitrogens with zero attached hydrogens (tertiary/aromatic N) is 4. The maximum Gasteiger partial charge on any atom is 0.223 e. The number of likely N-dealkylation sites (tertiary alicyclic amines) is 1. The molecule has 1 atom stereocenters. The van der Waals surface area contributed by atoms with E-state index < -0.39 is 21.1 Å². The first-order valence-corrected chi connectivity index (χ1v) is 17.2. The highest BCUT2D eigenvalue weighted by molar-refractivity contribution is 7.89. The Balaban J connectivity index is 1.44. The Hall–Kier alpha value is -2.51.